The van der Waals surface area contributed by atoms with Crippen molar-refractivity contribution >= 4 is 11.8 Å². The van der Waals surface area contributed by atoms with E-state index in [1.54, 1.807) is 0 Å². The molecule has 16 heavy (non-hydrogen) atoms. The quantitative estimate of drug-likeness (QED) is 0.590. The van der Waals surface area contributed by atoms with Gasteiger partial charge in [-0.2, -0.15) is 0 Å². The summed E-state index contributed by atoms with van der Waals surface area (Å²) in [5, 5.41) is 0. The number of primary amides is 1. The minimum absolute atomic E-state index is 0.157. The Kier molecular flexibility index (Phi) is 5.21. The molecular weight excluding hydrogens is 208 g/mol. The minimum atomic E-state index is -0.317. The van der Waals surface area contributed by atoms with E-state index in [4.69, 9.17) is 11.5 Å². The maximum Gasteiger partial charge on any atom is 0.231 e. The zero-order valence-electron chi connectivity index (χ0n) is 9.52. The number of hydrogen-bond acceptors (Lipinski definition) is 4. The van der Waals surface area contributed by atoms with Crippen LogP contribution in [0.15, 0.2) is 0 Å². The Hall–Kier alpha value is -1.14. The first kappa shape index (κ1) is 12.9. The Morgan fingerprint density at radius 1 is 1.12 bits per heavy atom. The van der Waals surface area contributed by atoms with Gasteiger partial charge in [0.2, 0.25) is 11.8 Å². The second kappa shape index (κ2) is 6.44. The molecule has 2 amide bonds. The average molecular weight is 228 g/mol. The van der Waals surface area contributed by atoms with E-state index in [2.05, 4.69) is 0 Å². The third kappa shape index (κ3) is 4.16. The van der Waals surface area contributed by atoms with Gasteiger partial charge in [-0.25, -0.2) is 0 Å². The molecule has 1 heterocycles. The third-order valence-corrected chi connectivity index (χ3v) is 2.70. The van der Waals surface area contributed by atoms with Crippen LogP contribution in [0, 0.1) is 0 Å². The zero-order valence-corrected chi connectivity index (χ0v) is 9.52. The van der Waals surface area contributed by atoms with Gasteiger partial charge in [0.15, 0.2) is 0 Å². The Morgan fingerprint density at radius 2 is 1.75 bits per heavy atom. The molecule has 0 bridgehead atoms. The molecule has 0 saturated carbocycles. The summed E-state index contributed by atoms with van der Waals surface area (Å²) in [6.07, 6.45) is 1.26. The fraction of sp³-hybridized carbons (Fsp3) is 0.800. The van der Waals surface area contributed by atoms with Crippen molar-refractivity contribution in [1.82, 2.24) is 9.80 Å². The highest BCUT2D eigenvalue weighted by Crippen LogP contribution is 2.04. The predicted octanol–water partition coefficient (Wildman–Crippen LogP) is -1.65. The number of nitrogens with zero attached hydrogens (tertiary/aromatic N) is 2. The topological polar surface area (TPSA) is 92.7 Å². The summed E-state index contributed by atoms with van der Waals surface area (Å²) in [5.74, 6) is -0.160. The molecule has 1 rings (SSSR count). The van der Waals surface area contributed by atoms with Crippen LogP contribution in [0.2, 0.25) is 0 Å². The molecule has 0 aromatic carbocycles. The van der Waals surface area contributed by atoms with Crippen LogP contribution < -0.4 is 11.5 Å². The van der Waals surface area contributed by atoms with Gasteiger partial charge in [0, 0.05) is 32.6 Å². The SMILES string of the molecule is NCCCC(=O)N1CCN(CC(N)=O)CC1. The van der Waals surface area contributed by atoms with Gasteiger partial charge in [0.05, 0.1) is 6.54 Å². The predicted molar refractivity (Wildman–Crippen MR) is 60.5 cm³/mol. The molecule has 0 aromatic heterocycles. The molecular formula is C10H20N4O2. The zero-order chi connectivity index (χ0) is 12.0. The Balaban J connectivity index is 2.25. The monoisotopic (exact) mass is 228 g/mol. The number of hydrogen-bond donors (Lipinski definition) is 2. The molecule has 0 atom stereocenters. The van der Waals surface area contributed by atoms with Crippen LogP contribution in [0.4, 0.5) is 0 Å². The summed E-state index contributed by atoms with van der Waals surface area (Å²) < 4.78 is 0. The molecule has 6 heteroatoms. The third-order valence-electron chi connectivity index (χ3n) is 2.70. The van der Waals surface area contributed by atoms with Crippen molar-refractivity contribution in [3.05, 3.63) is 0 Å². The highest BCUT2D eigenvalue weighted by Gasteiger charge is 2.20. The summed E-state index contributed by atoms with van der Waals surface area (Å²) >= 11 is 0. The van der Waals surface area contributed by atoms with Gasteiger partial charge in [-0.1, -0.05) is 0 Å². The molecule has 0 aliphatic carbocycles. The first-order chi connectivity index (χ1) is 7.63. The number of amides is 2. The molecule has 92 valence electrons. The summed E-state index contributed by atoms with van der Waals surface area (Å²) in [6.45, 7) is 3.63. The van der Waals surface area contributed by atoms with Gasteiger partial charge in [-0.3, -0.25) is 14.5 Å². The molecule has 1 fully saturated rings. The Morgan fingerprint density at radius 3 is 2.25 bits per heavy atom. The summed E-state index contributed by atoms with van der Waals surface area (Å²) in [7, 11) is 0. The first-order valence-corrected chi connectivity index (χ1v) is 5.62. The van der Waals surface area contributed by atoms with Crippen molar-refractivity contribution < 1.29 is 9.59 Å². The van der Waals surface area contributed by atoms with Gasteiger partial charge >= 0.3 is 0 Å². The molecule has 1 aliphatic rings. The number of rotatable bonds is 5. The fourth-order valence-electron chi connectivity index (χ4n) is 1.79. The van der Waals surface area contributed by atoms with Gasteiger partial charge < -0.3 is 16.4 Å². The van der Waals surface area contributed by atoms with E-state index in [1.807, 2.05) is 9.80 Å². The second-order valence-electron chi connectivity index (χ2n) is 4.02. The summed E-state index contributed by atoms with van der Waals surface area (Å²) in [4.78, 5) is 26.2. The van der Waals surface area contributed by atoms with Crippen LogP contribution in [-0.2, 0) is 9.59 Å². The highest BCUT2D eigenvalue weighted by molar-refractivity contribution is 5.77. The molecule has 1 aliphatic heterocycles. The fourth-order valence-corrected chi connectivity index (χ4v) is 1.79. The van der Waals surface area contributed by atoms with E-state index in [0.29, 0.717) is 26.1 Å². The first-order valence-electron chi connectivity index (χ1n) is 5.62. The molecule has 0 radical (unpaired) electrons. The maximum atomic E-state index is 11.6. The average Bonchev–Trinajstić information content (AvgIpc) is 2.26. The summed E-state index contributed by atoms with van der Waals surface area (Å²) in [6, 6.07) is 0. The lowest BCUT2D eigenvalue weighted by atomic mass is 10.2. The van der Waals surface area contributed by atoms with Gasteiger partial charge in [-0.15, -0.1) is 0 Å². The minimum Gasteiger partial charge on any atom is -0.369 e. The van der Waals surface area contributed by atoms with Crippen molar-refractivity contribution in [2.45, 2.75) is 12.8 Å². The van der Waals surface area contributed by atoms with Crippen LogP contribution >= 0.6 is 0 Å². The van der Waals surface area contributed by atoms with Crippen LogP contribution in [0.25, 0.3) is 0 Å². The number of carbonyl (C=O) groups excluding carboxylic acids is 2. The number of carbonyl (C=O) groups is 2. The van der Waals surface area contributed by atoms with E-state index < -0.39 is 0 Å². The lowest BCUT2D eigenvalue weighted by Crippen LogP contribution is -2.50. The number of piperazine rings is 1. The maximum absolute atomic E-state index is 11.6. The van der Waals surface area contributed by atoms with Crippen LogP contribution in [0.5, 0.6) is 0 Å². The highest BCUT2D eigenvalue weighted by atomic mass is 16.2. The molecule has 0 spiro atoms. The van der Waals surface area contributed by atoms with E-state index in [9.17, 15) is 9.59 Å². The number of nitrogens with two attached hydrogens (primary N) is 2. The lowest BCUT2D eigenvalue weighted by molar-refractivity contribution is -0.133. The molecule has 0 aromatic rings. The normalized spacial score (nSPS) is 17.4. The standard InChI is InChI=1S/C10H20N4O2/c11-3-1-2-10(16)14-6-4-13(5-7-14)8-9(12)15/h1-8,11H2,(H2,12,15). The lowest BCUT2D eigenvalue weighted by Gasteiger charge is -2.34. The van der Waals surface area contributed by atoms with Crippen molar-refractivity contribution in [2.75, 3.05) is 39.3 Å². The smallest absolute Gasteiger partial charge is 0.231 e. The van der Waals surface area contributed by atoms with Crippen molar-refractivity contribution in [3.63, 3.8) is 0 Å². The van der Waals surface area contributed by atoms with E-state index >= 15 is 0 Å². The van der Waals surface area contributed by atoms with Crippen LogP contribution in [-0.4, -0.2) is 60.9 Å². The van der Waals surface area contributed by atoms with Crippen LogP contribution in [0.1, 0.15) is 12.8 Å². The summed E-state index contributed by atoms with van der Waals surface area (Å²) in [5.41, 5.74) is 10.5. The molecule has 0 unspecified atom stereocenters. The second-order valence-corrected chi connectivity index (χ2v) is 4.02. The van der Waals surface area contributed by atoms with E-state index in [0.717, 1.165) is 19.5 Å². The van der Waals surface area contributed by atoms with Crippen molar-refractivity contribution in [2.24, 2.45) is 11.5 Å². The molecule has 6 nitrogen and oxygen atoms in total. The van der Waals surface area contributed by atoms with E-state index in [1.165, 1.54) is 0 Å². The Labute approximate surface area is 95.5 Å². The van der Waals surface area contributed by atoms with E-state index in [-0.39, 0.29) is 18.4 Å². The van der Waals surface area contributed by atoms with Crippen molar-refractivity contribution in [3.8, 4) is 0 Å². The van der Waals surface area contributed by atoms with Crippen molar-refractivity contribution in [1.29, 1.82) is 0 Å². The molecule has 1 saturated heterocycles. The largest absolute Gasteiger partial charge is 0.369 e. The van der Waals surface area contributed by atoms with Gasteiger partial charge in [0.1, 0.15) is 0 Å². The van der Waals surface area contributed by atoms with Crippen LogP contribution in [0.3, 0.4) is 0 Å². The van der Waals surface area contributed by atoms with Gasteiger partial charge in [-0.05, 0) is 13.0 Å². The Bertz CT molecular complexity index is 249. The van der Waals surface area contributed by atoms with Gasteiger partial charge in [0.25, 0.3) is 0 Å². The molecule has 4 N–H and O–H groups in total.